The number of carbonyl (C=O) groups is 1. The van der Waals surface area contributed by atoms with Crippen molar-refractivity contribution in [3.63, 3.8) is 0 Å². The molecule has 1 atom stereocenters. The minimum atomic E-state index is -0.429. The van der Waals surface area contributed by atoms with Gasteiger partial charge >= 0.3 is 5.63 Å². The first-order valence-corrected chi connectivity index (χ1v) is 10.7. The summed E-state index contributed by atoms with van der Waals surface area (Å²) < 4.78 is 11.0. The van der Waals surface area contributed by atoms with Crippen molar-refractivity contribution in [1.29, 1.82) is 0 Å². The molecule has 0 saturated carbocycles. The topological polar surface area (TPSA) is 92.7 Å². The second-order valence-electron chi connectivity index (χ2n) is 6.98. The third kappa shape index (κ3) is 4.25. The molecule has 2 aromatic heterocycles. The molecule has 0 spiro atoms. The number of aryl methyl sites for hydroxylation is 2. The van der Waals surface area contributed by atoms with Gasteiger partial charge in [0.2, 0.25) is 5.91 Å². The first kappa shape index (κ1) is 20.5. The van der Waals surface area contributed by atoms with Crippen LogP contribution in [0.25, 0.3) is 21.9 Å². The minimum Gasteiger partial charge on any atom is -0.464 e. The molecule has 3 rings (SSSR count). The molecule has 150 valence electrons. The maximum absolute atomic E-state index is 12.5. The smallest absolute Gasteiger partial charge is 0.339 e. The first-order chi connectivity index (χ1) is 13.4. The van der Waals surface area contributed by atoms with Gasteiger partial charge in [0.25, 0.3) is 0 Å². The third-order valence-corrected chi connectivity index (χ3v) is 5.68. The molecule has 0 aliphatic carbocycles. The number of rotatable bonds is 8. The summed E-state index contributed by atoms with van der Waals surface area (Å²) in [6, 6.07) is 3.45. The van der Waals surface area contributed by atoms with Crippen LogP contribution in [0.1, 0.15) is 29.5 Å². The fraction of sp³-hybridized carbons (Fsp3) is 0.429. The zero-order chi connectivity index (χ0) is 20.3. The second-order valence-corrected chi connectivity index (χ2v) is 7.97. The van der Waals surface area contributed by atoms with Crippen molar-refractivity contribution in [2.24, 2.45) is 0 Å². The number of thioether (sulfide) groups is 1. The minimum absolute atomic E-state index is 0.0938. The van der Waals surface area contributed by atoms with E-state index in [1.807, 2.05) is 26.2 Å². The van der Waals surface area contributed by atoms with Crippen LogP contribution in [0.2, 0.25) is 0 Å². The molecule has 6 nitrogen and oxygen atoms in total. The first-order valence-electron chi connectivity index (χ1n) is 9.28. The van der Waals surface area contributed by atoms with Gasteiger partial charge in [-0.1, -0.05) is 0 Å². The molecule has 3 aromatic rings. The molecule has 1 aromatic carbocycles. The molecule has 0 saturated heterocycles. The van der Waals surface area contributed by atoms with Crippen LogP contribution in [0.4, 0.5) is 0 Å². The Morgan fingerprint density at radius 1 is 1.25 bits per heavy atom. The quantitative estimate of drug-likeness (QED) is 0.561. The van der Waals surface area contributed by atoms with Crippen LogP contribution in [0.3, 0.4) is 0 Å². The average Bonchev–Trinajstić information content (AvgIpc) is 3.03. The lowest BCUT2D eigenvalue weighted by atomic mass is 10.0. The molecule has 7 heteroatoms. The Labute approximate surface area is 167 Å². The maximum atomic E-state index is 12.5. The van der Waals surface area contributed by atoms with Crippen LogP contribution in [0, 0.1) is 13.8 Å². The number of nitrogens with one attached hydrogen (secondary N) is 1. The van der Waals surface area contributed by atoms with E-state index >= 15 is 0 Å². The van der Waals surface area contributed by atoms with Gasteiger partial charge in [-0.15, -0.1) is 0 Å². The summed E-state index contributed by atoms with van der Waals surface area (Å²) in [7, 11) is 0. The van der Waals surface area contributed by atoms with Gasteiger partial charge < -0.3 is 19.3 Å². The Hall–Kier alpha value is -2.25. The lowest BCUT2D eigenvalue weighted by molar-refractivity contribution is -0.122. The maximum Gasteiger partial charge on any atom is 0.339 e. The number of hydrogen-bond acceptors (Lipinski definition) is 6. The summed E-state index contributed by atoms with van der Waals surface area (Å²) in [5.41, 5.74) is 3.08. The van der Waals surface area contributed by atoms with Crippen LogP contribution in [-0.4, -0.2) is 35.7 Å². The monoisotopic (exact) mass is 403 g/mol. The van der Waals surface area contributed by atoms with E-state index in [1.165, 1.54) is 0 Å². The molecule has 0 aliphatic heterocycles. The zero-order valence-corrected chi connectivity index (χ0v) is 17.1. The molecule has 0 unspecified atom stereocenters. The Bertz CT molecular complexity index is 1050. The fourth-order valence-corrected chi connectivity index (χ4v) is 3.85. The van der Waals surface area contributed by atoms with Crippen molar-refractivity contribution in [3.05, 3.63) is 45.5 Å². The van der Waals surface area contributed by atoms with Crippen LogP contribution in [0.15, 0.2) is 32.0 Å². The van der Waals surface area contributed by atoms with Crippen molar-refractivity contribution in [2.75, 3.05) is 18.6 Å². The van der Waals surface area contributed by atoms with Crippen LogP contribution in [0.5, 0.6) is 0 Å². The predicted octanol–water partition coefficient (Wildman–Crippen LogP) is 3.32. The number of furan rings is 1. The predicted molar refractivity (Wildman–Crippen MR) is 112 cm³/mol. The number of aliphatic hydroxyl groups excluding tert-OH is 1. The van der Waals surface area contributed by atoms with Gasteiger partial charge in [0.15, 0.2) is 0 Å². The molecule has 0 radical (unpaired) electrons. The summed E-state index contributed by atoms with van der Waals surface area (Å²) >= 11 is 1.67. The highest BCUT2D eigenvalue weighted by Crippen LogP contribution is 2.29. The highest BCUT2D eigenvalue weighted by Gasteiger charge is 2.16. The van der Waals surface area contributed by atoms with E-state index in [2.05, 4.69) is 5.32 Å². The highest BCUT2D eigenvalue weighted by atomic mass is 32.2. The van der Waals surface area contributed by atoms with Crippen molar-refractivity contribution < 1.29 is 18.7 Å². The number of amides is 1. The molecule has 0 fully saturated rings. The van der Waals surface area contributed by atoms with Crippen molar-refractivity contribution in [1.82, 2.24) is 5.32 Å². The van der Waals surface area contributed by atoms with E-state index in [0.717, 1.165) is 27.7 Å². The number of carbonyl (C=O) groups excluding carboxylic acids is 1. The van der Waals surface area contributed by atoms with Crippen LogP contribution in [-0.2, 0) is 11.2 Å². The number of benzene rings is 1. The third-order valence-electron chi connectivity index (χ3n) is 5.03. The van der Waals surface area contributed by atoms with Crippen LogP contribution < -0.4 is 10.9 Å². The average molecular weight is 404 g/mol. The van der Waals surface area contributed by atoms with Crippen molar-refractivity contribution in [3.8, 4) is 0 Å². The molecular weight excluding hydrogens is 378 g/mol. The normalized spacial score (nSPS) is 12.6. The van der Waals surface area contributed by atoms with Gasteiger partial charge in [-0.05, 0) is 55.9 Å². The van der Waals surface area contributed by atoms with Gasteiger partial charge in [-0.3, -0.25) is 4.79 Å². The molecule has 2 heterocycles. The molecule has 0 bridgehead atoms. The standard InChI is InChI=1S/C21H25NO5S/c1-12-11-26-18-9-19-17(8-16(12)18)13(2)15(21(25)27-19)4-5-20(24)22-14(10-23)6-7-28-3/h8-9,11,14,23H,4-7,10H2,1-3H3,(H,22,24)/t14-/m0/s1. The summed E-state index contributed by atoms with van der Waals surface area (Å²) in [5, 5.41) is 14.0. The number of fused-ring (bicyclic) bond motifs is 2. The largest absolute Gasteiger partial charge is 0.464 e. The van der Waals surface area contributed by atoms with E-state index in [0.29, 0.717) is 29.6 Å². The number of hydrogen-bond donors (Lipinski definition) is 2. The Kier molecular flexibility index (Phi) is 6.46. The fourth-order valence-electron chi connectivity index (χ4n) is 3.33. The van der Waals surface area contributed by atoms with Crippen LogP contribution >= 0.6 is 11.8 Å². The molecule has 2 N–H and O–H groups in total. The van der Waals surface area contributed by atoms with E-state index in [1.54, 1.807) is 24.1 Å². The van der Waals surface area contributed by atoms with Gasteiger partial charge in [-0.25, -0.2) is 4.79 Å². The zero-order valence-electron chi connectivity index (χ0n) is 16.3. The summed E-state index contributed by atoms with van der Waals surface area (Å²) in [5.74, 6) is 0.681. The summed E-state index contributed by atoms with van der Waals surface area (Å²) in [6.07, 6.45) is 4.83. The van der Waals surface area contributed by atoms with Gasteiger partial charge in [0, 0.05) is 28.8 Å². The van der Waals surface area contributed by atoms with E-state index < -0.39 is 5.63 Å². The summed E-state index contributed by atoms with van der Waals surface area (Å²) in [6.45, 7) is 3.75. The molecule has 1 amide bonds. The second kappa shape index (κ2) is 8.84. The van der Waals surface area contributed by atoms with Gasteiger partial charge in [0.05, 0.1) is 18.9 Å². The van der Waals surface area contributed by atoms with E-state index in [4.69, 9.17) is 8.83 Å². The Morgan fingerprint density at radius 2 is 2.04 bits per heavy atom. The van der Waals surface area contributed by atoms with Crippen molar-refractivity contribution in [2.45, 2.75) is 39.2 Å². The van der Waals surface area contributed by atoms with Crippen molar-refractivity contribution >= 4 is 39.6 Å². The number of aliphatic hydroxyl groups is 1. The SMILES string of the molecule is CSCC[C@@H](CO)NC(=O)CCc1c(C)c2cc3c(C)coc3cc2oc1=O. The molecule has 28 heavy (non-hydrogen) atoms. The lowest BCUT2D eigenvalue weighted by Crippen LogP contribution is -2.38. The highest BCUT2D eigenvalue weighted by molar-refractivity contribution is 7.98. The van der Waals surface area contributed by atoms with E-state index in [9.17, 15) is 14.7 Å². The molecular formula is C21H25NO5S. The van der Waals surface area contributed by atoms with E-state index in [-0.39, 0.29) is 25.0 Å². The Morgan fingerprint density at radius 3 is 2.75 bits per heavy atom. The summed E-state index contributed by atoms with van der Waals surface area (Å²) in [4.78, 5) is 24.7. The van der Waals surface area contributed by atoms with Gasteiger partial charge in [0.1, 0.15) is 11.2 Å². The lowest BCUT2D eigenvalue weighted by Gasteiger charge is -2.16. The van der Waals surface area contributed by atoms with Gasteiger partial charge in [-0.2, -0.15) is 11.8 Å². The molecule has 0 aliphatic rings. The Balaban J connectivity index is 1.81.